The molecule has 1 heterocycles. The van der Waals surface area contributed by atoms with Crippen LogP contribution in [0.15, 0.2) is 59.6 Å². The molecule has 0 amide bonds. The molecule has 7 nitrogen and oxygen atoms in total. The molecule has 3 rings (SSSR count). The van der Waals surface area contributed by atoms with Gasteiger partial charge in [-0.05, 0) is 30.2 Å². The molecule has 3 aromatic rings. The Morgan fingerprint density at radius 2 is 1.64 bits per heavy atom. The number of aromatic nitrogens is 3. The van der Waals surface area contributed by atoms with Crippen LogP contribution in [0.4, 0.5) is 13.2 Å². The van der Waals surface area contributed by atoms with Crippen LogP contribution in [0.1, 0.15) is 22.8 Å². The fourth-order valence-electron chi connectivity index (χ4n) is 2.75. The number of nitrogens with one attached hydrogen (secondary N) is 2. The van der Waals surface area contributed by atoms with Gasteiger partial charge in [-0.2, -0.15) is 13.2 Å². The fourth-order valence-corrected chi connectivity index (χ4v) is 2.75. The SMILES string of the molecule is Cc1nnc(CNC(=NCc2ccccc2)NCc2ccc(OCC(F)(F)F)cc2)n1C.I. The van der Waals surface area contributed by atoms with E-state index in [0.29, 0.717) is 25.6 Å². The van der Waals surface area contributed by atoms with Crippen molar-refractivity contribution in [1.29, 1.82) is 0 Å². The minimum Gasteiger partial charge on any atom is -0.484 e. The molecule has 0 radical (unpaired) electrons. The zero-order valence-corrected chi connectivity index (χ0v) is 20.6. The van der Waals surface area contributed by atoms with E-state index in [1.165, 1.54) is 12.1 Å². The lowest BCUT2D eigenvalue weighted by Crippen LogP contribution is -2.37. The summed E-state index contributed by atoms with van der Waals surface area (Å²) in [5, 5.41) is 14.7. The van der Waals surface area contributed by atoms with Crippen molar-refractivity contribution < 1.29 is 17.9 Å². The Balaban J connectivity index is 0.00000385. The highest BCUT2D eigenvalue weighted by atomic mass is 127. The van der Waals surface area contributed by atoms with E-state index in [-0.39, 0.29) is 29.7 Å². The molecule has 0 aliphatic heterocycles. The number of benzene rings is 2. The van der Waals surface area contributed by atoms with Crippen LogP contribution in [0, 0.1) is 6.92 Å². The van der Waals surface area contributed by atoms with Gasteiger partial charge >= 0.3 is 6.18 Å². The van der Waals surface area contributed by atoms with E-state index in [9.17, 15) is 13.2 Å². The molecule has 0 atom stereocenters. The van der Waals surface area contributed by atoms with Crippen LogP contribution in [0.3, 0.4) is 0 Å². The van der Waals surface area contributed by atoms with Crippen LogP contribution in [-0.2, 0) is 26.7 Å². The number of aryl methyl sites for hydroxylation is 1. The number of guanidine groups is 1. The van der Waals surface area contributed by atoms with E-state index in [0.717, 1.165) is 22.8 Å². The van der Waals surface area contributed by atoms with Crippen LogP contribution >= 0.6 is 24.0 Å². The second kappa shape index (κ2) is 12.4. The maximum absolute atomic E-state index is 12.3. The van der Waals surface area contributed by atoms with Crippen LogP contribution in [0.2, 0.25) is 0 Å². The summed E-state index contributed by atoms with van der Waals surface area (Å²) in [7, 11) is 1.89. The normalized spacial score (nSPS) is 11.6. The molecule has 33 heavy (non-hydrogen) atoms. The molecular weight excluding hydrogens is 548 g/mol. The molecule has 0 aliphatic rings. The lowest BCUT2D eigenvalue weighted by Gasteiger charge is -2.13. The number of hydrogen-bond acceptors (Lipinski definition) is 4. The van der Waals surface area contributed by atoms with Crippen molar-refractivity contribution in [3.8, 4) is 5.75 Å². The zero-order valence-electron chi connectivity index (χ0n) is 18.3. The predicted octanol–water partition coefficient (Wildman–Crippen LogP) is 4.12. The lowest BCUT2D eigenvalue weighted by atomic mass is 10.2. The Hall–Kier alpha value is -2.83. The first-order chi connectivity index (χ1) is 15.3. The summed E-state index contributed by atoms with van der Waals surface area (Å²) in [6.07, 6.45) is -4.36. The number of aliphatic imine (C=N–C) groups is 1. The van der Waals surface area contributed by atoms with E-state index in [4.69, 9.17) is 4.74 Å². The molecule has 0 bridgehead atoms. The number of halogens is 4. The molecule has 2 N–H and O–H groups in total. The van der Waals surface area contributed by atoms with Gasteiger partial charge in [-0.15, -0.1) is 34.2 Å². The number of rotatable bonds is 8. The van der Waals surface area contributed by atoms with Crippen LogP contribution < -0.4 is 15.4 Å². The lowest BCUT2D eigenvalue weighted by molar-refractivity contribution is -0.153. The number of alkyl halides is 3. The molecule has 0 saturated heterocycles. The van der Waals surface area contributed by atoms with Crippen molar-refractivity contribution in [3.05, 3.63) is 77.4 Å². The summed E-state index contributed by atoms with van der Waals surface area (Å²) in [6.45, 7) is 1.91. The average molecular weight is 574 g/mol. The highest BCUT2D eigenvalue weighted by Gasteiger charge is 2.28. The molecule has 0 fully saturated rings. The fraction of sp³-hybridized carbons (Fsp3) is 0.318. The quantitative estimate of drug-likeness (QED) is 0.241. The van der Waals surface area contributed by atoms with Crippen molar-refractivity contribution in [1.82, 2.24) is 25.4 Å². The van der Waals surface area contributed by atoms with Crippen molar-refractivity contribution in [3.63, 3.8) is 0 Å². The molecule has 0 spiro atoms. The summed E-state index contributed by atoms with van der Waals surface area (Å²) in [5.74, 6) is 2.32. The van der Waals surface area contributed by atoms with E-state index in [2.05, 4.69) is 25.8 Å². The summed E-state index contributed by atoms with van der Waals surface area (Å²) in [6, 6.07) is 16.3. The smallest absolute Gasteiger partial charge is 0.422 e. The van der Waals surface area contributed by atoms with Gasteiger partial charge in [-0.25, -0.2) is 4.99 Å². The van der Waals surface area contributed by atoms with Crippen LogP contribution in [-0.4, -0.2) is 33.5 Å². The van der Waals surface area contributed by atoms with Gasteiger partial charge in [0.15, 0.2) is 18.4 Å². The third-order valence-electron chi connectivity index (χ3n) is 4.65. The second-order valence-electron chi connectivity index (χ2n) is 7.13. The standard InChI is InChI=1S/C22H25F3N6O.HI/c1-16-29-30-20(31(16)2)14-28-21(26-12-17-6-4-3-5-7-17)27-13-18-8-10-19(11-9-18)32-15-22(23,24)25;/h3-11H,12-15H2,1-2H3,(H2,26,27,28);1H. The third-order valence-corrected chi connectivity index (χ3v) is 4.65. The van der Waals surface area contributed by atoms with Gasteiger partial charge in [0.05, 0.1) is 13.1 Å². The largest absolute Gasteiger partial charge is 0.484 e. The van der Waals surface area contributed by atoms with E-state index >= 15 is 0 Å². The zero-order chi connectivity index (χ0) is 23.0. The van der Waals surface area contributed by atoms with Gasteiger partial charge in [0.25, 0.3) is 0 Å². The summed E-state index contributed by atoms with van der Waals surface area (Å²) < 4.78 is 43.5. The van der Waals surface area contributed by atoms with Crippen LogP contribution in [0.25, 0.3) is 0 Å². The van der Waals surface area contributed by atoms with Gasteiger partial charge in [-0.3, -0.25) is 0 Å². The number of ether oxygens (including phenoxy) is 1. The summed E-state index contributed by atoms with van der Waals surface area (Å²) >= 11 is 0. The molecule has 0 unspecified atom stereocenters. The average Bonchev–Trinajstić information content (AvgIpc) is 3.10. The first-order valence-electron chi connectivity index (χ1n) is 9.99. The number of nitrogens with zero attached hydrogens (tertiary/aromatic N) is 4. The van der Waals surface area contributed by atoms with Gasteiger partial charge in [0.2, 0.25) is 0 Å². The second-order valence-corrected chi connectivity index (χ2v) is 7.13. The summed E-state index contributed by atoms with van der Waals surface area (Å²) in [5.41, 5.74) is 1.93. The Morgan fingerprint density at radius 1 is 0.970 bits per heavy atom. The molecular formula is C22H26F3IN6O. The van der Waals surface area contributed by atoms with Gasteiger partial charge in [0, 0.05) is 13.6 Å². The van der Waals surface area contributed by atoms with Gasteiger partial charge in [0.1, 0.15) is 11.6 Å². The maximum atomic E-state index is 12.3. The van der Waals surface area contributed by atoms with Gasteiger partial charge in [-0.1, -0.05) is 42.5 Å². The minimum absolute atomic E-state index is 0. The van der Waals surface area contributed by atoms with Gasteiger partial charge < -0.3 is 19.9 Å². The van der Waals surface area contributed by atoms with Crippen LogP contribution in [0.5, 0.6) is 5.75 Å². The highest BCUT2D eigenvalue weighted by Crippen LogP contribution is 2.18. The Labute approximate surface area is 207 Å². The topological polar surface area (TPSA) is 76.4 Å². The first kappa shape index (κ1) is 26.4. The predicted molar refractivity (Wildman–Crippen MR) is 130 cm³/mol. The van der Waals surface area contributed by atoms with E-state index in [1.807, 2.05) is 48.9 Å². The maximum Gasteiger partial charge on any atom is 0.422 e. The van der Waals surface area contributed by atoms with Crippen molar-refractivity contribution in [2.75, 3.05) is 6.61 Å². The Morgan fingerprint density at radius 3 is 2.24 bits per heavy atom. The number of hydrogen-bond donors (Lipinski definition) is 2. The molecule has 178 valence electrons. The Bertz CT molecular complexity index is 1020. The molecule has 0 saturated carbocycles. The highest BCUT2D eigenvalue weighted by molar-refractivity contribution is 14.0. The van der Waals surface area contributed by atoms with Crippen molar-refractivity contribution in [2.24, 2.45) is 12.0 Å². The first-order valence-corrected chi connectivity index (χ1v) is 9.99. The molecule has 11 heteroatoms. The van der Waals surface area contributed by atoms with Crippen molar-refractivity contribution >= 4 is 29.9 Å². The molecule has 0 aliphatic carbocycles. The van der Waals surface area contributed by atoms with E-state index in [1.54, 1.807) is 12.1 Å². The summed E-state index contributed by atoms with van der Waals surface area (Å²) in [4.78, 5) is 4.62. The minimum atomic E-state index is -4.36. The molecule has 1 aromatic heterocycles. The molecule has 2 aromatic carbocycles. The monoisotopic (exact) mass is 574 g/mol. The Kier molecular flexibility index (Phi) is 9.95. The van der Waals surface area contributed by atoms with Crippen molar-refractivity contribution in [2.45, 2.75) is 32.7 Å². The van der Waals surface area contributed by atoms with E-state index < -0.39 is 12.8 Å². The third kappa shape index (κ3) is 8.91.